The van der Waals surface area contributed by atoms with Crippen LogP contribution in [-0.4, -0.2) is 26.3 Å². The molecular weight excluding hydrogens is 174 g/mol. The maximum Gasteiger partial charge on any atom is 0.0494 e. The first kappa shape index (κ1) is 10.4. The minimum absolute atomic E-state index is 0.915. The van der Waals surface area contributed by atoms with Crippen LogP contribution in [0.3, 0.4) is 0 Å². The Morgan fingerprint density at radius 2 is 1.79 bits per heavy atom. The predicted molar refractivity (Wildman–Crippen MR) is 58.4 cm³/mol. The van der Waals surface area contributed by atoms with E-state index in [0.29, 0.717) is 0 Å². The summed E-state index contributed by atoms with van der Waals surface area (Å²) >= 11 is 0. The number of rotatable bonds is 9. The lowest BCUT2D eigenvalue weighted by Crippen LogP contribution is -2.18. The molecule has 0 amide bonds. The van der Waals surface area contributed by atoms with Crippen LogP contribution in [0.1, 0.15) is 38.5 Å². The predicted octanol–water partition coefficient (Wildman–Crippen LogP) is 2.19. The van der Waals surface area contributed by atoms with Gasteiger partial charge in [-0.3, -0.25) is 0 Å². The molecule has 0 aromatic carbocycles. The minimum atomic E-state index is 0.915. The van der Waals surface area contributed by atoms with E-state index in [1.807, 2.05) is 0 Å². The summed E-state index contributed by atoms with van der Waals surface area (Å²) in [6.45, 7) is 4.32. The molecule has 1 N–H and O–H groups in total. The van der Waals surface area contributed by atoms with Gasteiger partial charge in [0.25, 0.3) is 0 Å². The molecule has 2 aliphatic carbocycles. The fourth-order valence-corrected chi connectivity index (χ4v) is 1.67. The summed E-state index contributed by atoms with van der Waals surface area (Å²) in [7, 11) is 0. The van der Waals surface area contributed by atoms with E-state index in [0.717, 1.165) is 31.6 Å². The first-order valence-corrected chi connectivity index (χ1v) is 6.23. The van der Waals surface area contributed by atoms with Gasteiger partial charge in [0.05, 0.1) is 0 Å². The molecule has 0 aromatic heterocycles. The van der Waals surface area contributed by atoms with Crippen molar-refractivity contribution in [3.63, 3.8) is 0 Å². The van der Waals surface area contributed by atoms with Crippen LogP contribution in [0, 0.1) is 11.8 Å². The van der Waals surface area contributed by atoms with Gasteiger partial charge < -0.3 is 10.1 Å². The minimum Gasteiger partial charge on any atom is -0.381 e. The first-order valence-electron chi connectivity index (χ1n) is 6.23. The van der Waals surface area contributed by atoms with Gasteiger partial charge in [0.1, 0.15) is 0 Å². The summed E-state index contributed by atoms with van der Waals surface area (Å²) in [5.41, 5.74) is 0. The molecular formula is C12H23NO. The van der Waals surface area contributed by atoms with E-state index in [1.54, 1.807) is 0 Å². The van der Waals surface area contributed by atoms with Gasteiger partial charge in [0.2, 0.25) is 0 Å². The zero-order valence-electron chi connectivity index (χ0n) is 9.13. The van der Waals surface area contributed by atoms with Crippen LogP contribution in [0.15, 0.2) is 0 Å². The van der Waals surface area contributed by atoms with E-state index >= 15 is 0 Å². The van der Waals surface area contributed by atoms with Gasteiger partial charge in [-0.05, 0) is 50.6 Å². The zero-order chi connectivity index (χ0) is 9.64. The topological polar surface area (TPSA) is 21.3 Å². The molecule has 0 atom stereocenters. The molecule has 2 fully saturated rings. The molecule has 2 nitrogen and oxygen atoms in total. The molecule has 0 aromatic rings. The van der Waals surface area contributed by atoms with Crippen molar-refractivity contribution >= 4 is 0 Å². The molecule has 0 unspecified atom stereocenters. The monoisotopic (exact) mass is 197 g/mol. The molecule has 0 radical (unpaired) electrons. The highest BCUT2D eigenvalue weighted by Crippen LogP contribution is 2.31. The van der Waals surface area contributed by atoms with E-state index in [-0.39, 0.29) is 0 Å². The third-order valence-electron chi connectivity index (χ3n) is 3.12. The third-order valence-corrected chi connectivity index (χ3v) is 3.12. The Kier molecular flexibility index (Phi) is 4.26. The zero-order valence-corrected chi connectivity index (χ0v) is 9.13. The molecule has 0 heterocycles. The molecule has 2 aliphatic rings. The lowest BCUT2D eigenvalue weighted by molar-refractivity contribution is 0.122. The fourth-order valence-electron chi connectivity index (χ4n) is 1.67. The van der Waals surface area contributed by atoms with Crippen LogP contribution in [-0.2, 0) is 4.74 Å². The van der Waals surface area contributed by atoms with Gasteiger partial charge in [-0.1, -0.05) is 12.8 Å². The Morgan fingerprint density at radius 3 is 2.50 bits per heavy atom. The number of hydrogen-bond donors (Lipinski definition) is 1. The smallest absolute Gasteiger partial charge is 0.0494 e. The average Bonchev–Trinajstić information content (AvgIpc) is 3.00. The summed E-state index contributed by atoms with van der Waals surface area (Å²) in [5.74, 6) is 1.98. The SMILES string of the molecule is C(CNCCC1CC1)COCC1CC1. The molecule has 2 saturated carbocycles. The summed E-state index contributed by atoms with van der Waals surface area (Å²) in [5, 5.41) is 3.48. The molecule has 2 heteroatoms. The van der Waals surface area contributed by atoms with Crippen LogP contribution in [0.5, 0.6) is 0 Å². The van der Waals surface area contributed by atoms with E-state index < -0.39 is 0 Å². The van der Waals surface area contributed by atoms with Gasteiger partial charge >= 0.3 is 0 Å². The van der Waals surface area contributed by atoms with Crippen LogP contribution in [0.2, 0.25) is 0 Å². The summed E-state index contributed by atoms with van der Waals surface area (Å²) in [6.07, 6.45) is 8.33. The number of hydrogen-bond acceptors (Lipinski definition) is 2. The fraction of sp³-hybridized carbons (Fsp3) is 1.00. The summed E-state index contributed by atoms with van der Waals surface area (Å²) in [4.78, 5) is 0. The van der Waals surface area contributed by atoms with Crippen molar-refractivity contribution in [2.75, 3.05) is 26.3 Å². The maximum atomic E-state index is 5.56. The van der Waals surface area contributed by atoms with Crippen LogP contribution in [0.4, 0.5) is 0 Å². The highest BCUT2D eigenvalue weighted by molar-refractivity contribution is 4.73. The summed E-state index contributed by atoms with van der Waals surface area (Å²) < 4.78 is 5.56. The van der Waals surface area contributed by atoms with E-state index in [4.69, 9.17) is 4.74 Å². The van der Waals surface area contributed by atoms with Crippen LogP contribution < -0.4 is 5.32 Å². The van der Waals surface area contributed by atoms with Crippen molar-refractivity contribution in [3.05, 3.63) is 0 Å². The van der Waals surface area contributed by atoms with Crippen molar-refractivity contribution in [1.29, 1.82) is 0 Å². The van der Waals surface area contributed by atoms with Gasteiger partial charge in [-0.2, -0.15) is 0 Å². The molecule has 0 saturated heterocycles. The Labute approximate surface area is 87.4 Å². The largest absolute Gasteiger partial charge is 0.381 e. The molecule has 0 bridgehead atoms. The van der Waals surface area contributed by atoms with E-state index in [1.165, 1.54) is 45.1 Å². The maximum absolute atomic E-state index is 5.56. The Bertz CT molecular complexity index is 134. The van der Waals surface area contributed by atoms with Crippen LogP contribution in [0.25, 0.3) is 0 Å². The molecule has 2 rings (SSSR count). The average molecular weight is 197 g/mol. The second-order valence-corrected chi connectivity index (χ2v) is 4.85. The Morgan fingerprint density at radius 1 is 1.00 bits per heavy atom. The molecule has 0 aliphatic heterocycles. The second-order valence-electron chi connectivity index (χ2n) is 4.85. The van der Waals surface area contributed by atoms with Crippen molar-refractivity contribution in [3.8, 4) is 0 Å². The highest BCUT2D eigenvalue weighted by atomic mass is 16.5. The Hall–Kier alpha value is -0.0800. The molecule has 14 heavy (non-hydrogen) atoms. The normalized spacial score (nSPS) is 21.4. The van der Waals surface area contributed by atoms with E-state index in [2.05, 4.69) is 5.32 Å². The Balaban J connectivity index is 1.25. The van der Waals surface area contributed by atoms with Crippen LogP contribution >= 0.6 is 0 Å². The van der Waals surface area contributed by atoms with E-state index in [9.17, 15) is 0 Å². The lowest BCUT2D eigenvalue weighted by Gasteiger charge is -2.04. The van der Waals surface area contributed by atoms with Crippen molar-refractivity contribution in [1.82, 2.24) is 5.32 Å². The van der Waals surface area contributed by atoms with Gasteiger partial charge in [0.15, 0.2) is 0 Å². The van der Waals surface area contributed by atoms with Crippen molar-refractivity contribution in [2.45, 2.75) is 38.5 Å². The molecule has 82 valence electrons. The van der Waals surface area contributed by atoms with Gasteiger partial charge in [-0.25, -0.2) is 0 Å². The van der Waals surface area contributed by atoms with Crippen molar-refractivity contribution in [2.24, 2.45) is 11.8 Å². The highest BCUT2D eigenvalue weighted by Gasteiger charge is 2.21. The lowest BCUT2D eigenvalue weighted by atomic mass is 10.3. The van der Waals surface area contributed by atoms with Gasteiger partial charge in [-0.15, -0.1) is 0 Å². The number of nitrogens with one attached hydrogen (secondary N) is 1. The molecule has 0 spiro atoms. The standard InChI is InChI=1S/C12H23NO/c1(9-14-10-12-4-5-12)7-13-8-6-11-2-3-11/h11-13H,1-10H2. The second kappa shape index (κ2) is 5.72. The van der Waals surface area contributed by atoms with Crippen molar-refractivity contribution < 1.29 is 4.74 Å². The third kappa shape index (κ3) is 4.97. The first-order chi connectivity index (χ1) is 6.95. The number of ether oxygens (including phenoxy) is 1. The summed E-state index contributed by atoms with van der Waals surface area (Å²) in [6, 6.07) is 0. The van der Waals surface area contributed by atoms with Gasteiger partial charge in [0, 0.05) is 13.2 Å². The quantitative estimate of drug-likeness (QED) is 0.572.